The topological polar surface area (TPSA) is 3.24 Å². The van der Waals surface area contributed by atoms with Crippen LogP contribution in [0.3, 0.4) is 0 Å². The first-order chi connectivity index (χ1) is 8.08. The minimum atomic E-state index is -0.315. The lowest BCUT2D eigenvalue weighted by atomic mass is 10.0. The summed E-state index contributed by atoms with van der Waals surface area (Å²) in [6.45, 7) is 6.76. The van der Waals surface area contributed by atoms with Gasteiger partial charge in [0.05, 0.1) is 5.02 Å². The van der Waals surface area contributed by atoms with Gasteiger partial charge in [-0.05, 0) is 41.9 Å². The Morgan fingerprint density at radius 3 is 2.47 bits per heavy atom. The third-order valence-corrected chi connectivity index (χ3v) is 4.60. The van der Waals surface area contributed by atoms with E-state index in [4.69, 9.17) is 11.6 Å². The van der Waals surface area contributed by atoms with Gasteiger partial charge in [-0.1, -0.05) is 25.4 Å². The largest absolute Gasteiger partial charge is 0.371 e. The van der Waals surface area contributed by atoms with Crippen LogP contribution in [0, 0.1) is 29.5 Å². The molecule has 1 heterocycles. The van der Waals surface area contributed by atoms with Crippen molar-refractivity contribution in [1.82, 2.24) is 0 Å². The van der Waals surface area contributed by atoms with Gasteiger partial charge in [-0.25, -0.2) is 4.39 Å². The molecule has 0 spiro atoms. The van der Waals surface area contributed by atoms with E-state index in [1.807, 2.05) is 6.07 Å². The van der Waals surface area contributed by atoms with E-state index in [0.717, 1.165) is 42.4 Å². The van der Waals surface area contributed by atoms with Crippen LogP contribution >= 0.6 is 11.6 Å². The molecule has 1 aromatic rings. The number of fused-ring (bicyclic) bond motifs is 1. The highest BCUT2D eigenvalue weighted by Gasteiger charge is 2.56. The molecule has 1 saturated heterocycles. The van der Waals surface area contributed by atoms with E-state index >= 15 is 0 Å². The van der Waals surface area contributed by atoms with E-state index in [0.29, 0.717) is 0 Å². The van der Waals surface area contributed by atoms with Crippen LogP contribution in [0.4, 0.5) is 10.1 Å². The molecule has 0 radical (unpaired) electrons. The first-order valence-electron chi connectivity index (χ1n) is 6.28. The molecule has 3 heteroatoms. The van der Waals surface area contributed by atoms with Crippen molar-refractivity contribution in [3.63, 3.8) is 0 Å². The molecule has 0 bridgehead atoms. The zero-order valence-corrected chi connectivity index (χ0v) is 10.9. The zero-order valence-electron chi connectivity index (χ0n) is 10.2. The lowest BCUT2D eigenvalue weighted by Crippen LogP contribution is -2.25. The van der Waals surface area contributed by atoms with Crippen LogP contribution in [-0.4, -0.2) is 13.1 Å². The maximum absolute atomic E-state index is 13.4. The Morgan fingerprint density at radius 2 is 1.94 bits per heavy atom. The highest BCUT2D eigenvalue weighted by molar-refractivity contribution is 6.30. The SMILES string of the molecule is CC(C)C1C2CN(c3ccc(Cl)c(F)c3)CC21. The fourth-order valence-corrected chi connectivity index (χ4v) is 3.57. The van der Waals surface area contributed by atoms with E-state index in [2.05, 4.69) is 18.7 Å². The second-order valence-corrected chi connectivity index (χ2v) is 6.06. The molecule has 0 amide bonds. The van der Waals surface area contributed by atoms with Crippen molar-refractivity contribution in [3.05, 3.63) is 29.0 Å². The molecule has 1 aromatic carbocycles. The van der Waals surface area contributed by atoms with Crippen molar-refractivity contribution in [2.75, 3.05) is 18.0 Å². The molecule has 2 unspecified atom stereocenters. The number of rotatable bonds is 2. The summed E-state index contributed by atoms with van der Waals surface area (Å²) < 4.78 is 13.4. The fraction of sp³-hybridized carbons (Fsp3) is 0.571. The van der Waals surface area contributed by atoms with Gasteiger partial charge in [0, 0.05) is 18.8 Å². The van der Waals surface area contributed by atoms with Crippen LogP contribution in [0.1, 0.15) is 13.8 Å². The highest BCUT2D eigenvalue weighted by Crippen LogP contribution is 2.56. The van der Waals surface area contributed by atoms with Crippen molar-refractivity contribution < 1.29 is 4.39 Å². The lowest BCUT2D eigenvalue weighted by Gasteiger charge is -2.23. The molecule has 92 valence electrons. The molecule has 1 aliphatic carbocycles. The van der Waals surface area contributed by atoms with E-state index in [-0.39, 0.29) is 10.8 Å². The summed E-state index contributed by atoms with van der Waals surface area (Å²) in [5.41, 5.74) is 0.974. The average Bonchev–Trinajstić information content (AvgIpc) is 2.79. The van der Waals surface area contributed by atoms with E-state index in [9.17, 15) is 4.39 Å². The minimum absolute atomic E-state index is 0.207. The standard InChI is InChI=1S/C14H17ClFN/c1-8(2)14-10-6-17(7-11(10)14)9-3-4-12(15)13(16)5-9/h3-5,8,10-11,14H,6-7H2,1-2H3. The van der Waals surface area contributed by atoms with Crippen LogP contribution in [0.2, 0.25) is 5.02 Å². The van der Waals surface area contributed by atoms with Gasteiger partial charge in [0.15, 0.2) is 0 Å². The van der Waals surface area contributed by atoms with Gasteiger partial charge in [-0.2, -0.15) is 0 Å². The summed E-state index contributed by atoms with van der Waals surface area (Å²) >= 11 is 5.70. The Bertz CT molecular complexity index is 434. The summed E-state index contributed by atoms with van der Waals surface area (Å²) in [5, 5.41) is 0.207. The molecule has 2 atom stereocenters. The fourth-order valence-electron chi connectivity index (χ4n) is 3.45. The molecule has 2 aliphatic rings. The van der Waals surface area contributed by atoms with Crippen molar-refractivity contribution in [1.29, 1.82) is 0 Å². The molecule has 17 heavy (non-hydrogen) atoms. The van der Waals surface area contributed by atoms with Crippen LogP contribution in [0.5, 0.6) is 0 Å². The third-order valence-electron chi connectivity index (χ3n) is 4.30. The van der Waals surface area contributed by atoms with Crippen molar-refractivity contribution >= 4 is 17.3 Å². The molecule has 3 rings (SSSR count). The molecule has 0 N–H and O–H groups in total. The first-order valence-corrected chi connectivity index (χ1v) is 6.65. The molecule has 1 saturated carbocycles. The Morgan fingerprint density at radius 1 is 1.29 bits per heavy atom. The molecule has 1 nitrogen and oxygen atoms in total. The molecular formula is C14H17ClFN. The quantitative estimate of drug-likeness (QED) is 0.775. The number of nitrogens with zero attached hydrogens (tertiary/aromatic N) is 1. The predicted octanol–water partition coefficient (Wildman–Crippen LogP) is 3.82. The second-order valence-electron chi connectivity index (χ2n) is 5.65. The van der Waals surface area contributed by atoms with Crippen LogP contribution in [0.15, 0.2) is 18.2 Å². The Hall–Kier alpha value is -0.760. The summed E-state index contributed by atoms with van der Waals surface area (Å²) in [7, 11) is 0. The Balaban J connectivity index is 1.71. The van der Waals surface area contributed by atoms with Crippen molar-refractivity contribution in [3.8, 4) is 0 Å². The van der Waals surface area contributed by atoms with Crippen molar-refractivity contribution in [2.24, 2.45) is 23.7 Å². The summed E-state index contributed by atoms with van der Waals surface area (Å²) in [6.07, 6.45) is 0. The van der Waals surface area contributed by atoms with Gasteiger partial charge < -0.3 is 4.90 Å². The molecule has 2 fully saturated rings. The molecule has 0 aromatic heterocycles. The number of anilines is 1. The van der Waals surface area contributed by atoms with Gasteiger partial charge >= 0.3 is 0 Å². The number of hydrogen-bond acceptors (Lipinski definition) is 1. The van der Waals surface area contributed by atoms with Gasteiger partial charge in [0.25, 0.3) is 0 Å². The Labute approximate surface area is 107 Å². The smallest absolute Gasteiger partial charge is 0.143 e. The summed E-state index contributed by atoms with van der Waals surface area (Å²) in [6, 6.07) is 5.12. The normalized spacial score (nSPS) is 30.9. The monoisotopic (exact) mass is 253 g/mol. The highest BCUT2D eigenvalue weighted by atomic mass is 35.5. The number of hydrogen-bond donors (Lipinski definition) is 0. The molecule has 1 aliphatic heterocycles. The number of benzene rings is 1. The summed E-state index contributed by atoms with van der Waals surface area (Å²) in [5.74, 6) is 3.02. The second kappa shape index (κ2) is 3.88. The third kappa shape index (κ3) is 1.83. The van der Waals surface area contributed by atoms with E-state index in [1.165, 1.54) is 0 Å². The van der Waals surface area contributed by atoms with Gasteiger partial charge in [0.2, 0.25) is 0 Å². The van der Waals surface area contributed by atoms with Crippen LogP contribution in [-0.2, 0) is 0 Å². The maximum Gasteiger partial charge on any atom is 0.143 e. The average molecular weight is 254 g/mol. The van der Waals surface area contributed by atoms with E-state index < -0.39 is 0 Å². The lowest BCUT2D eigenvalue weighted by molar-refractivity contribution is 0.479. The van der Waals surface area contributed by atoms with Crippen LogP contribution in [0.25, 0.3) is 0 Å². The maximum atomic E-state index is 13.4. The predicted molar refractivity (Wildman–Crippen MR) is 68.9 cm³/mol. The van der Waals surface area contributed by atoms with Gasteiger partial charge in [-0.15, -0.1) is 0 Å². The van der Waals surface area contributed by atoms with E-state index in [1.54, 1.807) is 12.1 Å². The van der Waals surface area contributed by atoms with Crippen LogP contribution < -0.4 is 4.90 Å². The molecular weight excluding hydrogens is 237 g/mol. The van der Waals surface area contributed by atoms with Crippen molar-refractivity contribution in [2.45, 2.75) is 13.8 Å². The number of halogens is 2. The van der Waals surface area contributed by atoms with Gasteiger partial charge in [-0.3, -0.25) is 0 Å². The number of piperidine rings is 1. The van der Waals surface area contributed by atoms with Gasteiger partial charge in [0.1, 0.15) is 5.82 Å². The Kier molecular flexibility index (Phi) is 2.58. The zero-order chi connectivity index (χ0) is 12.2. The minimum Gasteiger partial charge on any atom is -0.371 e. The first kappa shape index (κ1) is 11.3. The summed E-state index contributed by atoms with van der Waals surface area (Å²) in [4.78, 5) is 2.29.